The molecule has 0 spiro atoms. The van der Waals surface area contributed by atoms with Crippen LogP contribution in [0.3, 0.4) is 0 Å². The van der Waals surface area contributed by atoms with Crippen LogP contribution in [0.5, 0.6) is 0 Å². The van der Waals surface area contributed by atoms with Crippen LogP contribution < -0.4 is 5.32 Å². The Morgan fingerprint density at radius 2 is 2.00 bits per heavy atom. The van der Waals surface area contributed by atoms with Crippen molar-refractivity contribution < 1.29 is 8.78 Å². The van der Waals surface area contributed by atoms with E-state index in [1.54, 1.807) is 0 Å². The molecule has 1 aromatic heterocycles. The Morgan fingerprint density at radius 1 is 1.21 bits per heavy atom. The van der Waals surface area contributed by atoms with E-state index in [1.165, 1.54) is 12.1 Å². The van der Waals surface area contributed by atoms with E-state index in [-0.39, 0.29) is 6.04 Å². The first kappa shape index (κ1) is 13.6. The number of benzene rings is 1. The molecule has 2 rings (SSSR count). The second-order valence-corrected chi connectivity index (χ2v) is 4.54. The van der Waals surface area contributed by atoms with Crippen molar-refractivity contribution in [1.29, 1.82) is 0 Å². The predicted octanol–water partition coefficient (Wildman–Crippen LogP) is 3.52. The molecule has 0 saturated heterocycles. The maximum Gasteiger partial charge on any atom is 0.130 e. The molecule has 2 aromatic rings. The lowest BCUT2D eigenvalue weighted by Gasteiger charge is -2.15. The maximum absolute atomic E-state index is 13.6. The molecule has 0 bridgehead atoms. The first-order valence-electron chi connectivity index (χ1n) is 6.17. The van der Waals surface area contributed by atoms with Crippen LogP contribution in [-0.2, 0) is 6.54 Å². The third-order valence-electron chi connectivity index (χ3n) is 2.96. The van der Waals surface area contributed by atoms with Crippen LogP contribution in [-0.4, -0.2) is 4.98 Å². The topological polar surface area (TPSA) is 24.9 Å². The molecular weight excluding hydrogens is 246 g/mol. The molecule has 1 N–H and O–H groups in total. The van der Waals surface area contributed by atoms with Gasteiger partial charge in [-0.25, -0.2) is 8.78 Å². The van der Waals surface area contributed by atoms with Crippen molar-refractivity contribution in [3.05, 3.63) is 65.0 Å². The van der Waals surface area contributed by atoms with E-state index in [9.17, 15) is 8.78 Å². The fraction of sp³-hybridized carbons (Fsp3) is 0.267. The minimum absolute atomic E-state index is 0.206. The Balaban J connectivity index is 2.03. The lowest BCUT2D eigenvalue weighted by molar-refractivity contribution is 0.514. The molecule has 2 nitrogen and oxygen atoms in total. The normalized spacial score (nSPS) is 12.4. The quantitative estimate of drug-likeness (QED) is 0.912. The number of nitrogens with zero attached hydrogens (tertiary/aromatic N) is 1. The van der Waals surface area contributed by atoms with Gasteiger partial charge < -0.3 is 5.32 Å². The number of aromatic nitrogens is 1. The molecule has 0 saturated carbocycles. The molecule has 4 heteroatoms. The highest BCUT2D eigenvalue weighted by Crippen LogP contribution is 2.18. The first-order valence-corrected chi connectivity index (χ1v) is 6.17. The zero-order valence-electron chi connectivity index (χ0n) is 11.0. The van der Waals surface area contributed by atoms with E-state index in [2.05, 4.69) is 10.3 Å². The summed E-state index contributed by atoms with van der Waals surface area (Å²) in [7, 11) is 0. The predicted molar refractivity (Wildman–Crippen MR) is 70.6 cm³/mol. The van der Waals surface area contributed by atoms with E-state index >= 15 is 0 Å². The van der Waals surface area contributed by atoms with Crippen molar-refractivity contribution in [3.8, 4) is 0 Å². The summed E-state index contributed by atoms with van der Waals surface area (Å²) >= 11 is 0. The molecule has 0 radical (unpaired) electrons. The lowest BCUT2D eigenvalue weighted by atomic mass is 10.1. The Kier molecular flexibility index (Phi) is 4.22. The van der Waals surface area contributed by atoms with Gasteiger partial charge in [0.05, 0.1) is 5.69 Å². The van der Waals surface area contributed by atoms with Crippen LogP contribution in [0.2, 0.25) is 0 Å². The van der Waals surface area contributed by atoms with Crippen molar-refractivity contribution in [2.75, 3.05) is 0 Å². The van der Waals surface area contributed by atoms with Gasteiger partial charge in [-0.3, -0.25) is 4.98 Å². The van der Waals surface area contributed by atoms with Crippen molar-refractivity contribution in [3.63, 3.8) is 0 Å². The summed E-state index contributed by atoms with van der Waals surface area (Å²) in [6.07, 6.45) is 0. The van der Waals surface area contributed by atoms with Gasteiger partial charge in [-0.05, 0) is 32.0 Å². The van der Waals surface area contributed by atoms with Gasteiger partial charge in [0.15, 0.2) is 0 Å². The molecule has 1 atom stereocenters. The number of aryl methyl sites for hydroxylation is 1. The molecular formula is C15H16F2N2. The summed E-state index contributed by atoms with van der Waals surface area (Å²) in [6.45, 7) is 4.30. The summed E-state index contributed by atoms with van der Waals surface area (Å²) in [4.78, 5) is 4.36. The van der Waals surface area contributed by atoms with Crippen molar-refractivity contribution in [1.82, 2.24) is 10.3 Å². The van der Waals surface area contributed by atoms with Gasteiger partial charge in [0.1, 0.15) is 11.6 Å². The summed E-state index contributed by atoms with van der Waals surface area (Å²) < 4.78 is 26.4. The highest BCUT2D eigenvalue weighted by atomic mass is 19.1. The number of hydrogen-bond acceptors (Lipinski definition) is 2. The fourth-order valence-electron chi connectivity index (χ4n) is 1.92. The monoisotopic (exact) mass is 262 g/mol. The largest absolute Gasteiger partial charge is 0.304 e. The first-order chi connectivity index (χ1) is 9.06. The average molecular weight is 262 g/mol. The van der Waals surface area contributed by atoms with Gasteiger partial charge >= 0.3 is 0 Å². The molecule has 0 fully saturated rings. The van der Waals surface area contributed by atoms with Gasteiger partial charge in [0.2, 0.25) is 0 Å². The summed E-state index contributed by atoms with van der Waals surface area (Å²) in [5, 5.41) is 3.18. The smallest absolute Gasteiger partial charge is 0.130 e. The van der Waals surface area contributed by atoms with Crippen molar-refractivity contribution >= 4 is 0 Å². The molecule has 1 heterocycles. The number of nitrogens with one attached hydrogen (secondary N) is 1. The van der Waals surface area contributed by atoms with Crippen LogP contribution >= 0.6 is 0 Å². The summed E-state index contributed by atoms with van der Waals surface area (Å²) in [6, 6.07) is 9.19. The minimum atomic E-state index is -0.561. The van der Waals surface area contributed by atoms with Crippen LogP contribution in [0, 0.1) is 18.6 Å². The Labute approximate surface area is 111 Å². The van der Waals surface area contributed by atoms with E-state index in [0.29, 0.717) is 12.1 Å². The summed E-state index contributed by atoms with van der Waals surface area (Å²) in [5.41, 5.74) is 2.29. The van der Waals surface area contributed by atoms with Crippen LogP contribution in [0.15, 0.2) is 36.4 Å². The van der Waals surface area contributed by atoms with E-state index < -0.39 is 11.6 Å². The molecule has 0 aliphatic carbocycles. The molecule has 19 heavy (non-hydrogen) atoms. The maximum atomic E-state index is 13.6. The Hall–Kier alpha value is -1.81. The van der Waals surface area contributed by atoms with E-state index in [1.807, 2.05) is 32.0 Å². The molecule has 0 aliphatic heterocycles. The Morgan fingerprint density at radius 3 is 2.68 bits per heavy atom. The van der Waals surface area contributed by atoms with Gasteiger partial charge in [-0.1, -0.05) is 12.1 Å². The molecule has 1 unspecified atom stereocenters. The second kappa shape index (κ2) is 5.89. The number of hydrogen-bond donors (Lipinski definition) is 1. The van der Waals surface area contributed by atoms with E-state index in [4.69, 9.17) is 0 Å². The standard InChI is InChI=1S/C15H16F2N2/c1-10-4-3-5-13(19-10)9-18-11(2)14-7-6-12(16)8-15(14)17/h3-8,11,18H,9H2,1-2H3. The molecule has 0 aliphatic rings. The van der Waals surface area contributed by atoms with Crippen LogP contribution in [0.4, 0.5) is 8.78 Å². The van der Waals surface area contributed by atoms with Crippen molar-refractivity contribution in [2.45, 2.75) is 26.4 Å². The number of halogens is 2. The average Bonchev–Trinajstić information content (AvgIpc) is 2.36. The lowest BCUT2D eigenvalue weighted by Crippen LogP contribution is -2.20. The zero-order valence-corrected chi connectivity index (χ0v) is 11.0. The fourth-order valence-corrected chi connectivity index (χ4v) is 1.92. The summed E-state index contributed by atoms with van der Waals surface area (Å²) in [5.74, 6) is -1.09. The number of rotatable bonds is 4. The Bertz CT molecular complexity index is 570. The van der Waals surface area contributed by atoms with E-state index in [0.717, 1.165) is 17.5 Å². The van der Waals surface area contributed by atoms with Gasteiger partial charge in [0.25, 0.3) is 0 Å². The second-order valence-electron chi connectivity index (χ2n) is 4.54. The number of pyridine rings is 1. The zero-order chi connectivity index (χ0) is 13.8. The highest BCUT2D eigenvalue weighted by molar-refractivity contribution is 5.21. The van der Waals surface area contributed by atoms with Crippen LogP contribution in [0.25, 0.3) is 0 Å². The van der Waals surface area contributed by atoms with Gasteiger partial charge in [-0.2, -0.15) is 0 Å². The third kappa shape index (κ3) is 3.58. The molecule has 100 valence electrons. The third-order valence-corrected chi connectivity index (χ3v) is 2.96. The SMILES string of the molecule is Cc1cccc(CNC(C)c2ccc(F)cc2F)n1. The van der Waals surface area contributed by atoms with Gasteiger partial charge in [-0.15, -0.1) is 0 Å². The highest BCUT2D eigenvalue weighted by Gasteiger charge is 2.11. The van der Waals surface area contributed by atoms with Gasteiger partial charge in [0, 0.05) is 29.9 Å². The molecule has 0 amide bonds. The van der Waals surface area contributed by atoms with Crippen molar-refractivity contribution in [2.24, 2.45) is 0 Å². The molecule has 1 aromatic carbocycles. The van der Waals surface area contributed by atoms with Crippen LogP contribution in [0.1, 0.15) is 29.9 Å². The minimum Gasteiger partial charge on any atom is -0.304 e.